The first-order valence-corrected chi connectivity index (χ1v) is 6.03. The van der Waals surface area contributed by atoms with E-state index in [0.29, 0.717) is 12.4 Å². The van der Waals surface area contributed by atoms with Gasteiger partial charge in [0.15, 0.2) is 11.4 Å². The predicted octanol–water partition coefficient (Wildman–Crippen LogP) is 2.46. The Balaban J connectivity index is 2.08. The van der Waals surface area contributed by atoms with E-state index < -0.39 is 5.97 Å². The fourth-order valence-electron chi connectivity index (χ4n) is 1.64. The minimum Gasteiger partial charge on any atom is -0.497 e. The van der Waals surface area contributed by atoms with Crippen molar-refractivity contribution in [2.45, 2.75) is 6.61 Å². The van der Waals surface area contributed by atoms with Gasteiger partial charge in [0.25, 0.3) is 0 Å². The lowest BCUT2D eigenvalue weighted by Crippen LogP contribution is -2.08. The summed E-state index contributed by atoms with van der Waals surface area (Å²) in [6, 6.07) is 10.9. The molecule has 20 heavy (non-hydrogen) atoms. The highest BCUT2D eigenvalue weighted by atomic mass is 16.5. The number of methoxy groups -OCH3 is 2. The zero-order valence-corrected chi connectivity index (χ0v) is 11.3. The van der Waals surface area contributed by atoms with Crippen LogP contribution in [0.3, 0.4) is 0 Å². The molecule has 0 N–H and O–H groups in total. The number of ether oxygens (including phenoxy) is 3. The Morgan fingerprint density at radius 3 is 2.55 bits per heavy atom. The Kier molecular flexibility index (Phi) is 4.55. The maximum Gasteiger partial charge on any atom is 0.360 e. The lowest BCUT2D eigenvalue weighted by atomic mass is 10.2. The lowest BCUT2D eigenvalue weighted by Gasteiger charge is -2.09. The van der Waals surface area contributed by atoms with Gasteiger partial charge >= 0.3 is 5.97 Å². The summed E-state index contributed by atoms with van der Waals surface area (Å²) in [6.07, 6.45) is 1.52. The van der Waals surface area contributed by atoms with E-state index in [-0.39, 0.29) is 5.69 Å². The summed E-state index contributed by atoms with van der Waals surface area (Å²) in [5.74, 6) is 0.663. The molecule has 1 aromatic heterocycles. The molecule has 0 aliphatic rings. The molecule has 0 aliphatic heterocycles. The van der Waals surface area contributed by atoms with Crippen molar-refractivity contribution in [2.75, 3.05) is 14.2 Å². The molecule has 2 rings (SSSR count). The Hall–Kier alpha value is -2.56. The van der Waals surface area contributed by atoms with Crippen molar-refractivity contribution in [3.05, 3.63) is 53.9 Å². The van der Waals surface area contributed by atoms with Crippen LogP contribution in [-0.2, 0) is 11.3 Å². The highest BCUT2D eigenvalue weighted by Gasteiger charge is 2.14. The summed E-state index contributed by atoms with van der Waals surface area (Å²) >= 11 is 0. The maximum atomic E-state index is 11.5. The molecule has 2 aromatic rings. The van der Waals surface area contributed by atoms with Crippen LogP contribution in [0.25, 0.3) is 0 Å². The van der Waals surface area contributed by atoms with Crippen LogP contribution in [0.2, 0.25) is 0 Å². The zero-order valence-electron chi connectivity index (χ0n) is 11.3. The number of carbonyl (C=O) groups excluding carboxylic acids is 1. The topological polar surface area (TPSA) is 57.7 Å². The van der Waals surface area contributed by atoms with Gasteiger partial charge < -0.3 is 14.2 Å². The van der Waals surface area contributed by atoms with E-state index in [9.17, 15) is 4.79 Å². The minimum atomic E-state index is -0.518. The average molecular weight is 273 g/mol. The van der Waals surface area contributed by atoms with E-state index >= 15 is 0 Å². The monoisotopic (exact) mass is 273 g/mol. The summed E-state index contributed by atoms with van der Waals surface area (Å²) in [5, 5.41) is 0. The molecule has 5 heteroatoms. The molecule has 0 bridgehead atoms. The number of carbonyl (C=O) groups is 1. The summed E-state index contributed by atoms with van der Waals surface area (Å²) in [5.41, 5.74) is 1.13. The fourth-order valence-corrected chi connectivity index (χ4v) is 1.64. The van der Waals surface area contributed by atoms with E-state index in [1.807, 2.05) is 24.3 Å². The van der Waals surface area contributed by atoms with Crippen LogP contribution in [-0.4, -0.2) is 25.2 Å². The predicted molar refractivity (Wildman–Crippen MR) is 72.9 cm³/mol. The van der Waals surface area contributed by atoms with Crippen LogP contribution in [0.4, 0.5) is 0 Å². The van der Waals surface area contributed by atoms with Gasteiger partial charge in [-0.05, 0) is 29.8 Å². The molecule has 0 aliphatic carbocycles. The second-order valence-electron chi connectivity index (χ2n) is 3.98. The molecular weight excluding hydrogens is 258 g/mol. The largest absolute Gasteiger partial charge is 0.497 e. The molecule has 1 heterocycles. The summed E-state index contributed by atoms with van der Waals surface area (Å²) in [7, 11) is 2.92. The molecule has 0 saturated carbocycles. The third-order valence-corrected chi connectivity index (χ3v) is 2.70. The van der Waals surface area contributed by atoms with Crippen molar-refractivity contribution < 1.29 is 19.0 Å². The molecule has 0 radical (unpaired) electrons. The Morgan fingerprint density at radius 1 is 1.15 bits per heavy atom. The molecule has 0 saturated heterocycles. The molecule has 5 nitrogen and oxygen atoms in total. The van der Waals surface area contributed by atoms with E-state index in [4.69, 9.17) is 9.47 Å². The van der Waals surface area contributed by atoms with Crippen LogP contribution >= 0.6 is 0 Å². The third-order valence-electron chi connectivity index (χ3n) is 2.70. The van der Waals surface area contributed by atoms with Crippen molar-refractivity contribution >= 4 is 5.97 Å². The number of nitrogens with zero attached hydrogens (tertiary/aromatic N) is 1. The summed E-state index contributed by atoms with van der Waals surface area (Å²) in [6.45, 7) is 0.333. The molecule has 0 unspecified atom stereocenters. The second kappa shape index (κ2) is 6.56. The zero-order chi connectivity index (χ0) is 14.4. The SMILES string of the molecule is COC(=O)c1ncccc1OCc1ccc(OC)cc1. The first kappa shape index (κ1) is 13.9. The van der Waals surface area contributed by atoms with Gasteiger partial charge in [-0.1, -0.05) is 12.1 Å². The quantitative estimate of drug-likeness (QED) is 0.783. The van der Waals surface area contributed by atoms with Gasteiger partial charge in [0.05, 0.1) is 14.2 Å². The number of rotatable bonds is 5. The van der Waals surface area contributed by atoms with Crippen LogP contribution in [0.1, 0.15) is 16.1 Å². The van der Waals surface area contributed by atoms with Gasteiger partial charge in [-0.25, -0.2) is 9.78 Å². The van der Waals surface area contributed by atoms with Gasteiger partial charge in [0.2, 0.25) is 0 Å². The van der Waals surface area contributed by atoms with Gasteiger partial charge in [0, 0.05) is 6.20 Å². The smallest absolute Gasteiger partial charge is 0.360 e. The highest BCUT2D eigenvalue weighted by molar-refractivity contribution is 5.90. The lowest BCUT2D eigenvalue weighted by molar-refractivity contribution is 0.0588. The number of hydrogen-bond donors (Lipinski definition) is 0. The molecule has 0 fully saturated rings. The molecule has 0 atom stereocenters. The molecule has 0 spiro atoms. The normalized spacial score (nSPS) is 9.90. The van der Waals surface area contributed by atoms with Gasteiger partial charge in [-0.3, -0.25) is 0 Å². The highest BCUT2D eigenvalue weighted by Crippen LogP contribution is 2.19. The van der Waals surface area contributed by atoms with Crippen LogP contribution in [0, 0.1) is 0 Å². The maximum absolute atomic E-state index is 11.5. The molecule has 104 valence electrons. The van der Waals surface area contributed by atoms with Crippen LogP contribution < -0.4 is 9.47 Å². The fraction of sp³-hybridized carbons (Fsp3) is 0.200. The number of hydrogen-bond acceptors (Lipinski definition) is 5. The number of aromatic nitrogens is 1. The third kappa shape index (κ3) is 3.26. The summed E-state index contributed by atoms with van der Waals surface area (Å²) < 4.78 is 15.4. The first-order valence-electron chi connectivity index (χ1n) is 6.03. The Bertz CT molecular complexity index is 581. The Labute approximate surface area is 117 Å². The summed E-state index contributed by atoms with van der Waals surface area (Å²) in [4.78, 5) is 15.5. The average Bonchev–Trinajstić information content (AvgIpc) is 2.53. The van der Waals surface area contributed by atoms with E-state index in [0.717, 1.165) is 11.3 Å². The van der Waals surface area contributed by atoms with Gasteiger partial charge in [0.1, 0.15) is 12.4 Å². The standard InChI is InChI=1S/C15H15NO4/c1-18-12-7-5-11(6-8-12)10-20-13-4-3-9-16-14(13)15(17)19-2/h3-9H,10H2,1-2H3. The second-order valence-corrected chi connectivity index (χ2v) is 3.98. The van der Waals surface area contributed by atoms with E-state index in [1.165, 1.54) is 13.3 Å². The van der Waals surface area contributed by atoms with Crippen molar-refractivity contribution in [1.29, 1.82) is 0 Å². The first-order chi connectivity index (χ1) is 9.74. The van der Waals surface area contributed by atoms with Crippen LogP contribution in [0.5, 0.6) is 11.5 Å². The molecule has 0 amide bonds. The Morgan fingerprint density at radius 2 is 1.90 bits per heavy atom. The van der Waals surface area contributed by atoms with Gasteiger partial charge in [-0.2, -0.15) is 0 Å². The van der Waals surface area contributed by atoms with Gasteiger partial charge in [-0.15, -0.1) is 0 Å². The van der Waals surface area contributed by atoms with Crippen molar-refractivity contribution in [3.63, 3.8) is 0 Å². The van der Waals surface area contributed by atoms with E-state index in [1.54, 1.807) is 19.2 Å². The van der Waals surface area contributed by atoms with Crippen molar-refractivity contribution in [2.24, 2.45) is 0 Å². The number of esters is 1. The minimum absolute atomic E-state index is 0.170. The van der Waals surface area contributed by atoms with Crippen LogP contribution in [0.15, 0.2) is 42.6 Å². The number of benzene rings is 1. The van der Waals surface area contributed by atoms with Crippen molar-refractivity contribution in [3.8, 4) is 11.5 Å². The number of pyridine rings is 1. The molecule has 1 aromatic carbocycles. The van der Waals surface area contributed by atoms with E-state index in [2.05, 4.69) is 9.72 Å². The van der Waals surface area contributed by atoms with Crippen molar-refractivity contribution in [1.82, 2.24) is 4.98 Å². The molecular formula is C15H15NO4.